The van der Waals surface area contributed by atoms with Gasteiger partial charge in [0.05, 0.1) is 22.5 Å². The summed E-state index contributed by atoms with van der Waals surface area (Å²) in [5.74, 6) is -0.558. The number of anilines is 3. The third kappa shape index (κ3) is 5.92. The molecule has 10 heteroatoms. The van der Waals surface area contributed by atoms with Crippen LogP contribution in [0.5, 0.6) is 0 Å². The van der Waals surface area contributed by atoms with E-state index < -0.39 is 32.5 Å². The maximum Gasteiger partial charge on any atom is 0.261 e. The third-order valence-electron chi connectivity index (χ3n) is 5.86. The number of para-hydroxylation sites is 1. The molecule has 0 aliphatic rings. The molecular weight excluding hydrogens is 510 g/mol. The maximum absolute atomic E-state index is 13.0. The van der Waals surface area contributed by atoms with Crippen molar-refractivity contribution >= 4 is 53.8 Å². The van der Waals surface area contributed by atoms with Gasteiger partial charge in [0.1, 0.15) is 6.54 Å². The first kappa shape index (κ1) is 26.2. The van der Waals surface area contributed by atoms with Gasteiger partial charge in [-0.25, -0.2) is 16.8 Å². The van der Waals surface area contributed by atoms with E-state index in [0.29, 0.717) is 17.1 Å². The largest absolute Gasteiger partial charge is 0.325 e. The Morgan fingerprint density at radius 2 is 1.38 bits per heavy atom. The highest BCUT2D eigenvalue weighted by Gasteiger charge is 2.24. The molecule has 4 rings (SSSR count). The second-order valence-electron chi connectivity index (χ2n) is 8.71. The third-order valence-corrected chi connectivity index (χ3v) is 8.35. The molecule has 0 aliphatic heterocycles. The van der Waals surface area contributed by atoms with Gasteiger partial charge in [-0.1, -0.05) is 54.6 Å². The average molecular weight is 538 g/mol. The van der Waals surface area contributed by atoms with Crippen molar-refractivity contribution in [3.05, 3.63) is 96.1 Å². The quantitative estimate of drug-likeness (QED) is 0.339. The predicted molar refractivity (Wildman–Crippen MR) is 148 cm³/mol. The lowest BCUT2D eigenvalue weighted by Crippen LogP contribution is -2.38. The van der Waals surface area contributed by atoms with Crippen LogP contribution in [0, 0.1) is 13.8 Å². The normalized spacial score (nSPS) is 11.8. The van der Waals surface area contributed by atoms with Crippen LogP contribution < -0.4 is 14.3 Å². The number of fused-ring (bicyclic) bond motifs is 1. The average Bonchev–Trinajstić information content (AvgIpc) is 2.83. The molecule has 0 saturated carbocycles. The molecule has 1 amide bonds. The Bertz CT molecular complexity index is 1660. The van der Waals surface area contributed by atoms with E-state index in [4.69, 9.17) is 0 Å². The molecule has 0 heterocycles. The number of nitrogens with zero attached hydrogens (tertiary/aromatic N) is 1. The van der Waals surface area contributed by atoms with Crippen molar-refractivity contribution in [1.29, 1.82) is 0 Å². The molecule has 37 heavy (non-hydrogen) atoms. The summed E-state index contributed by atoms with van der Waals surface area (Å²) in [6.07, 6.45) is 1.05. The number of hydrogen-bond donors (Lipinski definition) is 2. The first-order valence-corrected chi connectivity index (χ1v) is 14.7. The van der Waals surface area contributed by atoms with Gasteiger partial charge in [-0.2, -0.15) is 0 Å². The smallest absolute Gasteiger partial charge is 0.261 e. The Kier molecular flexibility index (Phi) is 7.24. The number of carbonyl (C=O) groups is 1. The van der Waals surface area contributed by atoms with E-state index in [0.717, 1.165) is 32.5 Å². The van der Waals surface area contributed by atoms with Crippen molar-refractivity contribution in [3.63, 3.8) is 0 Å². The molecule has 0 spiro atoms. The van der Waals surface area contributed by atoms with Gasteiger partial charge in [0.15, 0.2) is 0 Å². The Morgan fingerprint density at radius 1 is 0.784 bits per heavy atom. The number of hydrogen-bond acceptors (Lipinski definition) is 5. The predicted octanol–water partition coefficient (Wildman–Crippen LogP) is 4.66. The van der Waals surface area contributed by atoms with Crippen LogP contribution >= 0.6 is 0 Å². The number of sulfonamides is 2. The minimum Gasteiger partial charge on any atom is -0.325 e. The summed E-state index contributed by atoms with van der Waals surface area (Å²) in [5, 5.41) is 4.33. The van der Waals surface area contributed by atoms with E-state index in [1.165, 1.54) is 24.3 Å². The molecule has 0 unspecified atom stereocenters. The Balaban J connectivity index is 1.50. The van der Waals surface area contributed by atoms with Crippen LogP contribution in [0.25, 0.3) is 10.8 Å². The zero-order valence-corrected chi connectivity index (χ0v) is 22.2. The molecule has 0 saturated heterocycles. The van der Waals surface area contributed by atoms with Crippen LogP contribution in [0.3, 0.4) is 0 Å². The van der Waals surface area contributed by atoms with E-state index >= 15 is 0 Å². The topological polar surface area (TPSA) is 113 Å². The standard InChI is InChI=1S/C27H27N3O5S2/c1-19-8-6-9-20(2)27(19)30(36(3,32)33)18-26(31)28-22-14-16-23(17-15-22)37(34,35)29-25-13-7-11-21-10-4-5-12-24(21)25/h4-17,29H,18H2,1-3H3,(H,28,31). The van der Waals surface area contributed by atoms with Gasteiger partial charge >= 0.3 is 0 Å². The molecule has 4 aromatic rings. The van der Waals surface area contributed by atoms with Crippen molar-refractivity contribution < 1.29 is 21.6 Å². The molecule has 2 N–H and O–H groups in total. The summed E-state index contributed by atoms with van der Waals surface area (Å²) in [7, 11) is -7.62. The number of carbonyl (C=O) groups excluding carboxylic acids is 1. The second-order valence-corrected chi connectivity index (χ2v) is 12.3. The van der Waals surface area contributed by atoms with Crippen LogP contribution in [-0.2, 0) is 24.8 Å². The van der Waals surface area contributed by atoms with E-state index in [1.807, 2.05) is 36.4 Å². The molecular formula is C27H27N3O5S2. The number of benzene rings is 4. The summed E-state index contributed by atoms with van der Waals surface area (Å²) in [6.45, 7) is 3.14. The first-order chi connectivity index (χ1) is 17.5. The van der Waals surface area contributed by atoms with E-state index in [9.17, 15) is 21.6 Å². The number of aryl methyl sites for hydroxylation is 2. The van der Waals surface area contributed by atoms with Crippen LogP contribution in [0.1, 0.15) is 11.1 Å². The fourth-order valence-electron chi connectivity index (χ4n) is 4.13. The molecule has 192 valence electrons. The molecule has 0 atom stereocenters. The van der Waals surface area contributed by atoms with Crippen LogP contribution in [0.15, 0.2) is 89.8 Å². The Labute approximate surface area is 217 Å². The Hall–Kier alpha value is -3.89. The van der Waals surface area contributed by atoms with Gasteiger partial charge in [-0.3, -0.25) is 13.8 Å². The lowest BCUT2D eigenvalue weighted by molar-refractivity contribution is -0.114. The molecule has 8 nitrogen and oxygen atoms in total. The number of nitrogens with one attached hydrogen (secondary N) is 2. The van der Waals surface area contributed by atoms with Crippen LogP contribution in [-0.4, -0.2) is 35.5 Å². The molecule has 4 aromatic carbocycles. The van der Waals surface area contributed by atoms with Crippen molar-refractivity contribution in [2.24, 2.45) is 0 Å². The number of rotatable bonds is 8. The molecule has 0 radical (unpaired) electrons. The van der Waals surface area contributed by atoms with Crippen molar-refractivity contribution in [2.75, 3.05) is 27.1 Å². The highest BCUT2D eigenvalue weighted by Crippen LogP contribution is 2.28. The summed E-state index contributed by atoms with van der Waals surface area (Å²) < 4.78 is 54.6. The minimum atomic E-state index is -3.88. The van der Waals surface area contributed by atoms with Gasteiger partial charge in [-0.15, -0.1) is 0 Å². The van der Waals surface area contributed by atoms with E-state index in [1.54, 1.807) is 38.1 Å². The molecule has 0 fully saturated rings. The minimum absolute atomic E-state index is 0.0201. The Morgan fingerprint density at radius 3 is 2.03 bits per heavy atom. The van der Waals surface area contributed by atoms with Crippen LogP contribution in [0.2, 0.25) is 0 Å². The maximum atomic E-state index is 13.0. The van der Waals surface area contributed by atoms with Gasteiger partial charge in [-0.05, 0) is 60.7 Å². The highest BCUT2D eigenvalue weighted by atomic mass is 32.2. The van der Waals surface area contributed by atoms with Gasteiger partial charge < -0.3 is 5.32 Å². The lowest BCUT2D eigenvalue weighted by atomic mass is 10.1. The van der Waals surface area contributed by atoms with Gasteiger partial charge in [0.25, 0.3) is 10.0 Å². The van der Waals surface area contributed by atoms with Crippen LogP contribution in [0.4, 0.5) is 17.1 Å². The van der Waals surface area contributed by atoms with E-state index in [2.05, 4.69) is 10.0 Å². The highest BCUT2D eigenvalue weighted by molar-refractivity contribution is 7.92. The zero-order valence-electron chi connectivity index (χ0n) is 20.6. The molecule has 0 aromatic heterocycles. The fourth-order valence-corrected chi connectivity index (χ4v) is 6.18. The van der Waals surface area contributed by atoms with Gasteiger partial charge in [0, 0.05) is 11.1 Å². The fraction of sp³-hybridized carbons (Fsp3) is 0.148. The van der Waals surface area contributed by atoms with E-state index in [-0.39, 0.29) is 4.90 Å². The first-order valence-electron chi connectivity index (χ1n) is 11.4. The summed E-state index contributed by atoms with van der Waals surface area (Å²) >= 11 is 0. The lowest BCUT2D eigenvalue weighted by Gasteiger charge is -2.25. The molecule has 0 aliphatic carbocycles. The van der Waals surface area contributed by atoms with Crippen molar-refractivity contribution in [2.45, 2.75) is 18.7 Å². The number of amides is 1. The summed E-state index contributed by atoms with van der Waals surface area (Å²) in [4.78, 5) is 12.8. The summed E-state index contributed by atoms with van der Waals surface area (Å²) in [6, 6.07) is 23.9. The zero-order chi connectivity index (χ0) is 26.8. The second kappa shape index (κ2) is 10.2. The van der Waals surface area contributed by atoms with Crippen molar-refractivity contribution in [1.82, 2.24) is 0 Å². The van der Waals surface area contributed by atoms with Gasteiger partial charge in [0.2, 0.25) is 15.9 Å². The monoisotopic (exact) mass is 537 g/mol. The molecule has 0 bridgehead atoms. The SMILES string of the molecule is Cc1cccc(C)c1N(CC(=O)Nc1ccc(S(=O)(=O)Nc2cccc3ccccc23)cc1)S(C)(=O)=O. The summed E-state index contributed by atoms with van der Waals surface area (Å²) in [5.41, 5.74) is 2.71. The van der Waals surface area contributed by atoms with Crippen molar-refractivity contribution in [3.8, 4) is 0 Å².